The molecule has 2 N–H and O–H groups in total. The van der Waals surface area contributed by atoms with E-state index in [2.05, 4.69) is 15.7 Å². The van der Waals surface area contributed by atoms with E-state index < -0.39 is 6.04 Å². The second kappa shape index (κ2) is 10.4. The number of aromatic nitrogens is 2. The zero-order valence-corrected chi connectivity index (χ0v) is 18.1. The maximum atomic E-state index is 13.1. The third-order valence-corrected chi connectivity index (χ3v) is 4.85. The van der Waals surface area contributed by atoms with Crippen molar-refractivity contribution in [2.24, 2.45) is 0 Å². The lowest BCUT2D eigenvalue weighted by atomic mass is 10.1. The first-order valence-electron chi connectivity index (χ1n) is 10.4. The Morgan fingerprint density at radius 1 is 1.10 bits per heavy atom. The van der Waals surface area contributed by atoms with Gasteiger partial charge in [-0.25, -0.2) is 0 Å². The molecule has 2 amide bonds. The lowest BCUT2D eigenvalue weighted by Gasteiger charge is -2.14. The zero-order chi connectivity index (χ0) is 22.2. The van der Waals surface area contributed by atoms with Crippen LogP contribution in [-0.4, -0.2) is 41.3 Å². The molecule has 0 spiro atoms. The molecule has 3 aromatic rings. The number of benzene rings is 2. The van der Waals surface area contributed by atoms with Crippen molar-refractivity contribution in [3.63, 3.8) is 0 Å². The largest absolute Gasteiger partial charge is 0.496 e. The molecule has 7 nitrogen and oxygen atoms in total. The molecule has 0 unspecified atom stereocenters. The molecule has 1 aromatic heterocycles. The molecular weight excluding hydrogens is 392 g/mol. The van der Waals surface area contributed by atoms with Gasteiger partial charge in [0, 0.05) is 18.3 Å². The second-order valence-electron chi connectivity index (χ2n) is 7.26. The highest BCUT2D eigenvalue weighted by Gasteiger charge is 2.23. The van der Waals surface area contributed by atoms with Gasteiger partial charge in [0.1, 0.15) is 17.5 Å². The van der Waals surface area contributed by atoms with Gasteiger partial charge >= 0.3 is 0 Å². The Hall–Kier alpha value is -3.61. The number of carbonyl (C=O) groups excluding carboxylic acids is 2. The van der Waals surface area contributed by atoms with Crippen molar-refractivity contribution in [1.29, 1.82) is 0 Å². The molecule has 1 atom stereocenters. The number of rotatable bonds is 9. The molecule has 0 aliphatic carbocycles. The molecule has 3 rings (SSSR count). The van der Waals surface area contributed by atoms with Crippen molar-refractivity contribution in [3.05, 3.63) is 71.9 Å². The summed E-state index contributed by atoms with van der Waals surface area (Å²) in [4.78, 5) is 25.3. The number of amides is 2. The minimum absolute atomic E-state index is 0.217. The van der Waals surface area contributed by atoms with E-state index in [1.165, 1.54) is 0 Å². The van der Waals surface area contributed by atoms with Crippen molar-refractivity contribution in [2.75, 3.05) is 13.7 Å². The number of hydrogen-bond acceptors (Lipinski definition) is 4. The number of methoxy groups -OCH3 is 1. The summed E-state index contributed by atoms with van der Waals surface area (Å²) in [5.74, 6) is 0.0420. The summed E-state index contributed by atoms with van der Waals surface area (Å²) in [5.41, 5.74) is 2.67. The summed E-state index contributed by atoms with van der Waals surface area (Å²) in [6.07, 6.45) is 2.54. The molecule has 162 valence electrons. The van der Waals surface area contributed by atoms with Crippen LogP contribution in [-0.2, 0) is 11.3 Å². The molecule has 2 aromatic carbocycles. The fourth-order valence-electron chi connectivity index (χ4n) is 3.22. The van der Waals surface area contributed by atoms with Crippen LogP contribution in [0.15, 0.2) is 60.8 Å². The van der Waals surface area contributed by atoms with Crippen LogP contribution in [0.25, 0.3) is 11.3 Å². The molecule has 31 heavy (non-hydrogen) atoms. The van der Waals surface area contributed by atoms with Crippen molar-refractivity contribution in [2.45, 2.75) is 32.9 Å². The first kappa shape index (κ1) is 22.1. The monoisotopic (exact) mass is 420 g/mol. The maximum Gasteiger partial charge on any atom is 0.255 e. The Bertz CT molecular complexity index is 1030. The van der Waals surface area contributed by atoms with Gasteiger partial charge in [-0.05, 0) is 31.0 Å². The van der Waals surface area contributed by atoms with Crippen LogP contribution in [0.2, 0.25) is 0 Å². The number of ether oxygens (including phenoxy) is 1. The standard InChI is InChI=1S/C24H28N4O3/c1-4-14-25-23(29)17(2)26-24(30)20-16-28(15-18-10-6-5-7-11-18)27-22(20)19-12-8-9-13-21(19)31-3/h5-13,16-17H,4,14-15H2,1-3H3,(H,25,29)(H,26,30)/t17-/m1/s1. The normalized spacial score (nSPS) is 11.6. The predicted octanol–water partition coefficient (Wildman–Crippen LogP) is 3.25. The van der Waals surface area contributed by atoms with E-state index in [0.29, 0.717) is 35.7 Å². The summed E-state index contributed by atoms with van der Waals surface area (Å²) < 4.78 is 7.21. The summed E-state index contributed by atoms with van der Waals surface area (Å²) >= 11 is 0. The highest BCUT2D eigenvalue weighted by atomic mass is 16.5. The predicted molar refractivity (Wildman–Crippen MR) is 120 cm³/mol. The first-order chi connectivity index (χ1) is 15.0. The summed E-state index contributed by atoms with van der Waals surface area (Å²) in [5, 5.41) is 10.3. The van der Waals surface area contributed by atoms with Gasteiger partial charge in [0.05, 0.1) is 19.2 Å². The average molecular weight is 421 g/mol. The van der Waals surface area contributed by atoms with Gasteiger partial charge in [0.2, 0.25) is 5.91 Å². The number of nitrogens with one attached hydrogen (secondary N) is 2. The van der Waals surface area contributed by atoms with Gasteiger partial charge < -0.3 is 15.4 Å². The van der Waals surface area contributed by atoms with Gasteiger partial charge in [0.25, 0.3) is 5.91 Å². The SMILES string of the molecule is CCCNC(=O)[C@@H](C)NC(=O)c1cn(Cc2ccccc2)nc1-c1ccccc1OC. The van der Waals surface area contributed by atoms with Crippen LogP contribution < -0.4 is 15.4 Å². The average Bonchev–Trinajstić information content (AvgIpc) is 3.21. The highest BCUT2D eigenvalue weighted by molar-refractivity contribution is 6.02. The summed E-state index contributed by atoms with van der Waals surface area (Å²) in [6.45, 7) is 4.73. The molecule has 7 heteroatoms. The van der Waals surface area contributed by atoms with E-state index >= 15 is 0 Å². The third-order valence-electron chi connectivity index (χ3n) is 4.85. The van der Waals surface area contributed by atoms with Gasteiger partial charge in [-0.3, -0.25) is 14.3 Å². The second-order valence-corrected chi connectivity index (χ2v) is 7.26. The summed E-state index contributed by atoms with van der Waals surface area (Å²) in [6, 6.07) is 16.7. The van der Waals surface area contributed by atoms with Crippen molar-refractivity contribution in [1.82, 2.24) is 20.4 Å². The number of nitrogens with zero attached hydrogens (tertiary/aromatic N) is 2. The molecule has 0 bridgehead atoms. The maximum absolute atomic E-state index is 13.1. The Balaban J connectivity index is 1.93. The number of carbonyl (C=O) groups is 2. The molecule has 0 fully saturated rings. The minimum Gasteiger partial charge on any atom is -0.496 e. The smallest absolute Gasteiger partial charge is 0.255 e. The van der Waals surface area contributed by atoms with Gasteiger partial charge in [-0.1, -0.05) is 49.4 Å². The third kappa shape index (κ3) is 5.51. The number of hydrogen-bond donors (Lipinski definition) is 2. The van der Waals surface area contributed by atoms with Crippen molar-refractivity contribution in [3.8, 4) is 17.0 Å². The van der Waals surface area contributed by atoms with Gasteiger partial charge in [0.15, 0.2) is 0 Å². The highest BCUT2D eigenvalue weighted by Crippen LogP contribution is 2.31. The van der Waals surface area contributed by atoms with E-state index in [1.807, 2.05) is 61.5 Å². The minimum atomic E-state index is -0.665. The fraction of sp³-hybridized carbons (Fsp3) is 0.292. The van der Waals surface area contributed by atoms with E-state index in [0.717, 1.165) is 12.0 Å². The van der Waals surface area contributed by atoms with Crippen LogP contribution in [0.1, 0.15) is 36.2 Å². The molecule has 0 aliphatic heterocycles. The lowest BCUT2D eigenvalue weighted by molar-refractivity contribution is -0.122. The molecule has 0 saturated heterocycles. The Morgan fingerprint density at radius 3 is 2.52 bits per heavy atom. The Labute approximate surface area is 182 Å². The van der Waals surface area contributed by atoms with Crippen molar-refractivity contribution < 1.29 is 14.3 Å². The Kier molecular flexibility index (Phi) is 7.43. The molecule has 1 heterocycles. The van der Waals surface area contributed by atoms with E-state index in [1.54, 1.807) is 24.9 Å². The van der Waals surface area contributed by atoms with Crippen LogP contribution in [0.4, 0.5) is 0 Å². The molecule has 0 saturated carbocycles. The van der Waals surface area contributed by atoms with Gasteiger partial charge in [-0.2, -0.15) is 5.10 Å². The molecular formula is C24H28N4O3. The zero-order valence-electron chi connectivity index (χ0n) is 18.1. The van der Waals surface area contributed by atoms with E-state index in [4.69, 9.17) is 4.74 Å². The van der Waals surface area contributed by atoms with Crippen LogP contribution in [0.5, 0.6) is 5.75 Å². The quantitative estimate of drug-likeness (QED) is 0.556. The van der Waals surface area contributed by atoms with Gasteiger partial charge in [-0.15, -0.1) is 0 Å². The van der Waals surface area contributed by atoms with E-state index in [-0.39, 0.29) is 11.8 Å². The molecule has 0 radical (unpaired) electrons. The topological polar surface area (TPSA) is 85.3 Å². The van der Waals surface area contributed by atoms with E-state index in [9.17, 15) is 9.59 Å². The first-order valence-corrected chi connectivity index (χ1v) is 10.4. The number of para-hydroxylation sites is 1. The van der Waals surface area contributed by atoms with Crippen LogP contribution in [0.3, 0.4) is 0 Å². The summed E-state index contributed by atoms with van der Waals surface area (Å²) in [7, 11) is 1.58. The fourth-order valence-corrected chi connectivity index (χ4v) is 3.22. The van der Waals surface area contributed by atoms with Crippen LogP contribution in [0, 0.1) is 0 Å². The van der Waals surface area contributed by atoms with Crippen molar-refractivity contribution >= 4 is 11.8 Å². The van der Waals surface area contributed by atoms with Crippen LogP contribution >= 0.6 is 0 Å². The lowest BCUT2D eigenvalue weighted by Crippen LogP contribution is -2.45. The molecule has 0 aliphatic rings. The Morgan fingerprint density at radius 2 is 1.81 bits per heavy atom.